The van der Waals surface area contributed by atoms with Crippen molar-refractivity contribution in [3.05, 3.63) is 29.3 Å². The van der Waals surface area contributed by atoms with Gasteiger partial charge in [0.25, 0.3) is 0 Å². The maximum Gasteiger partial charge on any atom is 0.172 e. The molecule has 0 spiro atoms. The van der Waals surface area contributed by atoms with Gasteiger partial charge in [-0.05, 0) is 42.9 Å². The van der Waals surface area contributed by atoms with Gasteiger partial charge in [0.15, 0.2) is 5.84 Å². The fourth-order valence-electron chi connectivity index (χ4n) is 2.81. The van der Waals surface area contributed by atoms with E-state index >= 15 is 0 Å². The third kappa shape index (κ3) is 2.89. The van der Waals surface area contributed by atoms with Crippen LogP contribution in [-0.2, 0) is 0 Å². The maximum absolute atomic E-state index is 8.95. The number of hydrogen-bond acceptors (Lipinski definition) is 3. The molecule has 3 N–H and O–H groups in total. The largest absolute Gasteiger partial charge is 0.409 e. The molecule has 1 heterocycles. The number of anilines is 1. The van der Waals surface area contributed by atoms with E-state index in [1.165, 1.54) is 24.8 Å². The van der Waals surface area contributed by atoms with E-state index in [4.69, 9.17) is 10.9 Å². The Labute approximate surface area is 121 Å². The fourth-order valence-corrected chi connectivity index (χ4v) is 2.81. The quantitative estimate of drug-likeness (QED) is 0.385. The zero-order valence-corrected chi connectivity index (χ0v) is 12.7. The minimum absolute atomic E-state index is 0.184. The van der Waals surface area contributed by atoms with Crippen molar-refractivity contribution < 1.29 is 5.21 Å². The van der Waals surface area contributed by atoms with Crippen LogP contribution >= 0.6 is 0 Å². The summed E-state index contributed by atoms with van der Waals surface area (Å²) < 4.78 is 0. The molecule has 0 saturated carbocycles. The summed E-state index contributed by atoms with van der Waals surface area (Å²) in [4.78, 5) is 2.36. The first kappa shape index (κ1) is 14.7. The van der Waals surface area contributed by atoms with E-state index in [1.54, 1.807) is 0 Å². The summed E-state index contributed by atoms with van der Waals surface area (Å²) in [6, 6.07) is 6.06. The highest BCUT2D eigenvalue weighted by Gasteiger charge is 2.29. The Hall–Kier alpha value is -1.71. The van der Waals surface area contributed by atoms with Gasteiger partial charge in [-0.2, -0.15) is 0 Å². The number of piperidine rings is 1. The average Bonchev–Trinajstić information content (AvgIpc) is 2.47. The van der Waals surface area contributed by atoms with Crippen LogP contribution in [0.3, 0.4) is 0 Å². The molecule has 2 rings (SSSR count). The second-order valence-electron chi connectivity index (χ2n) is 6.16. The molecule has 1 aromatic rings. The van der Waals surface area contributed by atoms with Crippen LogP contribution < -0.4 is 10.6 Å². The Balaban J connectivity index is 2.27. The van der Waals surface area contributed by atoms with Crippen LogP contribution in [0.1, 0.15) is 44.2 Å². The van der Waals surface area contributed by atoms with Crippen LogP contribution in [0.2, 0.25) is 0 Å². The first-order chi connectivity index (χ1) is 9.49. The standard InChI is InChI=1S/C16H25N3O/c1-4-16(3)7-9-19(10-8-16)14-11-12(2)5-6-13(14)15(17)18-20/h5-6,11,20H,4,7-10H2,1-3H3,(H2,17,18). The Morgan fingerprint density at radius 3 is 2.60 bits per heavy atom. The van der Waals surface area contributed by atoms with Crippen molar-refractivity contribution in [3.8, 4) is 0 Å². The molecule has 0 aromatic heterocycles. The molecule has 0 bridgehead atoms. The number of nitrogens with two attached hydrogens (primary N) is 1. The number of oxime groups is 1. The molecular weight excluding hydrogens is 250 g/mol. The fraction of sp³-hybridized carbons (Fsp3) is 0.562. The van der Waals surface area contributed by atoms with E-state index in [2.05, 4.69) is 36.9 Å². The lowest BCUT2D eigenvalue weighted by molar-refractivity contribution is 0.238. The molecule has 1 saturated heterocycles. The van der Waals surface area contributed by atoms with Gasteiger partial charge < -0.3 is 15.8 Å². The minimum atomic E-state index is 0.184. The molecule has 0 amide bonds. The monoisotopic (exact) mass is 275 g/mol. The molecule has 1 fully saturated rings. The van der Waals surface area contributed by atoms with Crippen LogP contribution in [0, 0.1) is 12.3 Å². The first-order valence-electron chi connectivity index (χ1n) is 7.32. The van der Waals surface area contributed by atoms with Crippen molar-refractivity contribution >= 4 is 11.5 Å². The van der Waals surface area contributed by atoms with Gasteiger partial charge in [0.1, 0.15) is 0 Å². The van der Waals surface area contributed by atoms with E-state index in [-0.39, 0.29) is 5.84 Å². The van der Waals surface area contributed by atoms with Gasteiger partial charge in [-0.3, -0.25) is 0 Å². The molecule has 1 aromatic carbocycles. The predicted molar refractivity (Wildman–Crippen MR) is 83.5 cm³/mol. The molecule has 20 heavy (non-hydrogen) atoms. The van der Waals surface area contributed by atoms with Gasteiger partial charge in [0.2, 0.25) is 0 Å². The van der Waals surface area contributed by atoms with Crippen LogP contribution in [0.15, 0.2) is 23.4 Å². The highest BCUT2D eigenvalue weighted by molar-refractivity contribution is 6.02. The van der Waals surface area contributed by atoms with Gasteiger partial charge in [-0.1, -0.05) is 31.5 Å². The van der Waals surface area contributed by atoms with E-state index < -0.39 is 0 Å². The van der Waals surface area contributed by atoms with Gasteiger partial charge >= 0.3 is 0 Å². The Morgan fingerprint density at radius 1 is 1.40 bits per heavy atom. The highest BCUT2D eigenvalue weighted by Crippen LogP contribution is 2.36. The van der Waals surface area contributed by atoms with Crippen molar-refractivity contribution in [1.82, 2.24) is 0 Å². The second kappa shape index (κ2) is 5.73. The Bertz CT molecular complexity index is 502. The van der Waals surface area contributed by atoms with Crippen LogP contribution in [-0.4, -0.2) is 24.1 Å². The predicted octanol–water partition coefficient (Wildman–Crippen LogP) is 3.11. The molecule has 0 radical (unpaired) electrons. The molecule has 110 valence electrons. The van der Waals surface area contributed by atoms with Crippen molar-refractivity contribution in [2.75, 3.05) is 18.0 Å². The zero-order chi connectivity index (χ0) is 14.8. The Kier molecular flexibility index (Phi) is 4.21. The van der Waals surface area contributed by atoms with Crippen LogP contribution in [0.25, 0.3) is 0 Å². The molecule has 1 aliphatic heterocycles. The summed E-state index contributed by atoms with van der Waals surface area (Å²) in [5.41, 5.74) is 9.35. The van der Waals surface area contributed by atoms with Crippen molar-refractivity contribution in [2.24, 2.45) is 16.3 Å². The van der Waals surface area contributed by atoms with E-state index in [1.807, 2.05) is 12.1 Å². The summed E-state index contributed by atoms with van der Waals surface area (Å²) >= 11 is 0. The van der Waals surface area contributed by atoms with Crippen LogP contribution in [0.4, 0.5) is 5.69 Å². The summed E-state index contributed by atoms with van der Waals surface area (Å²) in [6.45, 7) is 8.76. The molecule has 1 aliphatic rings. The SMILES string of the molecule is CCC1(C)CCN(c2cc(C)ccc2C(N)=NO)CC1. The van der Waals surface area contributed by atoms with Crippen molar-refractivity contribution in [2.45, 2.75) is 40.0 Å². The molecular formula is C16H25N3O. The van der Waals surface area contributed by atoms with Crippen molar-refractivity contribution in [1.29, 1.82) is 0 Å². The van der Waals surface area contributed by atoms with Gasteiger partial charge in [0.05, 0.1) is 0 Å². The number of amidine groups is 1. The summed E-state index contributed by atoms with van der Waals surface area (Å²) in [5, 5.41) is 12.1. The molecule has 4 nitrogen and oxygen atoms in total. The third-order valence-corrected chi connectivity index (χ3v) is 4.70. The van der Waals surface area contributed by atoms with Gasteiger partial charge in [-0.15, -0.1) is 0 Å². The summed E-state index contributed by atoms with van der Waals surface area (Å²) in [7, 11) is 0. The average molecular weight is 275 g/mol. The number of aryl methyl sites for hydroxylation is 1. The number of nitrogens with zero attached hydrogens (tertiary/aromatic N) is 2. The van der Waals surface area contributed by atoms with Gasteiger partial charge in [-0.25, -0.2) is 0 Å². The molecule has 0 atom stereocenters. The van der Waals surface area contributed by atoms with E-state index in [0.717, 1.165) is 24.3 Å². The zero-order valence-electron chi connectivity index (χ0n) is 12.7. The van der Waals surface area contributed by atoms with Gasteiger partial charge in [0, 0.05) is 24.3 Å². The second-order valence-corrected chi connectivity index (χ2v) is 6.16. The maximum atomic E-state index is 8.95. The third-order valence-electron chi connectivity index (χ3n) is 4.70. The minimum Gasteiger partial charge on any atom is -0.409 e. The van der Waals surface area contributed by atoms with Crippen molar-refractivity contribution in [3.63, 3.8) is 0 Å². The lowest BCUT2D eigenvalue weighted by Crippen LogP contribution is -2.39. The molecule has 4 heteroatoms. The number of rotatable bonds is 3. The summed E-state index contributed by atoms with van der Waals surface area (Å²) in [5.74, 6) is 0.184. The lowest BCUT2D eigenvalue weighted by Gasteiger charge is -2.40. The number of hydrogen-bond donors (Lipinski definition) is 2. The smallest absolute Gasteiger partial charge is 0.172 e. The topological polar surface area (TPSA) is 61.8 Å². The molecule has 0 unspecified atom stereocenters. The summed E-state index contributed by atoms with van der Waals surface area (Å²) in [6.07, 6.45) is 3.60. The van der Waals surface area contributed by atoms with E-state index in [9.17, 15) is 0 Å². The highest BCUT2D eigenvalue weighted by atomic mass is 16.4. The molecule has 0 aliphatic carbocycles. The Morgan fingerprint density at radius 2 is 2.05 bits per heavy atom. The van der Waals surface area contributed by atoms with E-state index in [0.29, 0.717) is 5.41 Å². The number of benzene rings is 1. The first-order valence-corrected chi connectivity index (χ1v) is 7.32. The lowest BCUT2D eigenvalue weighted by atomic mass is 9.78. The van der Waals surface area contributed by atoms with Crippen LogP contribution in [0.5, 0.6) is 0 Å². The normalized spacial score (nSPS) is 19.1.